The summed E-state index contributed by atoms with van der Waals surface area (Å²) in [5.41, 5.74) is 5.85. The van der Waals surface area contributed by atoms with Gasteiger partial charge in [-0.2, -0.15) is 4.98 Å². The van der Waals surface area contributed by atoms with Crippen molar-refractivity contribution in [1.82, 2.24) is 10.1 Å². The second-order valence-electron chi connectivity index (χ2n) is 2.81. The van der Waals surface area contributed by atoms with Crippen LogP contribution in [0, 0.1) is 5.82 Å². The Hall–Kier alpha value is -2.11. The molecule has 15 heavy (non-hydrogen) atoms. The van der Waals surface area contributed by atoms with Crippen LogP contribution in [0.2, 0.25) is 0 Å². The molecule has 2 N–H and O–H groups in total. The first-order chi connectivity index (χ1) is 7.20. The third kappa shape index (κ3) is 1.74. The van der Waals surface area contributed by atoms with Gasteiger partial charge in [0.2, 0.25) is 0 Å². The van der Waals surface area contributed by atoms with Crippen LogP contribution in [0.4, 0.5) is 10.3 Å². The minimum absolute atomic E-state index is 0.0355. The maximum absolute atomic E-state index is 13.1. The van der Waals surface area contributed by atoms with E-state index in [1.165, 1.54) is 25.3 Å². The van der Waals surface area contributed by atoms with E-state index < -0.39 is 5.82 Å². The number of nitrogen functional groups attached to an aromatic ring is 1. The lowest BCUT2D eigenvalue weighted by Gasteiger charge is -2.01. The molecule has 2 aromatic rings. The summed E-state index contributed by atoms with van der Waals surface area (Å²) >= 11 is 0. The van der Waals surface area contributed by atoms with Gasteiger partial charge in [-0.3, -0.25) is 0 Å². The molecule has 78 valence electrons. The van der Waals surface area contributed by atoms with E-state index in [1.54, 1.807) is 0 Å². The molecule has 0 radical (unpaired) electrons. The van der Waals surface area contributed by atoms with Gasteiger partial charge in [0.15, 0.2) is 11.6 Å². The zero-order valence-electron chi connectivity index (χ0n) is 7.90. The molecule has 1 heterocycles. The van der Waals surface area contributed by atoms with Gasteiger partial charge in [0.1, 0.15) is 0 Å². The molecule has 0 aliphatic rings. The van der Waals surface area contributed by atoms with Gasteiger partial charge in [0.25, 0.3) is 11.8 Å². The number of hydrogen-bond donors (Lipinski definition) is 1. The first-order valence-corrected chi connectivity index (χ1v) is 4.14. The van der Waals surface area contributed by atoms with Crippen LogP contribution in [0.3, 0.4) is 0 Å². The van der Waals surface area contributed by atoms with Crippen LogP contribution in [0.5, 0.6) is 5.75 Å². The van der Waals surface area contributed by atoms with Gasteiger partial charge in [0.05, 0.1) is 7.11 Å². The second-order valence-corrected chi connectivity index (χ2v) is 2.81. The lowest BCUT2D eigenvalue weighted by molar-refractivity contribution is 0.386. The molecule has 0 atom stereocenters. The van der Waals surface area contributed by atoms with E-state index in [9.17, 15) is 4.39 Å². The van der Waals surface area contributed by atoms with E-state index in [4.69, 9.17) is 15.0 Å². The largest absolute Gasteiger partial charge is 0.494 e. The number of anilines is 1. The van der Waals surface area contributed by atoms with Crippen molar-refractivity contribution < 1.29 is 13.7 Å². The Kier molecular flexibility index (Phi) is 2.24. The first-order valence-electron chi connectivity index (χ1n) is 4.14. The van der Waals surface area contributed by atoms with Crippen molar-refractivity contribution in [3.05, 3.63) is 24.0 Å². The number of rotatable bonds is 2. The Bertz CT molecular complexity index is 484. The summed E-state index contributed by atoms with van der Waals surface area (Å²) in [5, 5.41) is 3.43. The van der Waals surface area contributed by atoms with Crippen LogP contribution in [0.1, 0.15) is 0 Å². The molecule has 5 nitrogen and oxygen atoms in total. The summed E-state index contributed by atoms with van der Waals surface area (Å²) < 4.78 is 22.7. The predicted octanol–water partition coefficient (Wildman–Crippen LogP) is 1.47. The van der Waals surface area contributed by atoms with Crippen LogP contribution in [0.15, 0.2) is 22.7 Å². The molecule has 0 fully saturated rings. The number of nitrogens with two attached hydrogens (primary N) is 1. The van der Waals surface area contributed by atoms with Gasteiger partial charge in [-0.15, -0.1) is 0 Å². The fourth-order valence-corrected chi connectivity index (χ4v) is 1.14. The zero-order valence-corrected chi connectivity index (χ0v) is 7.90. The number of ether oxygens (including phenoxy) is 1. The summed E-state index contributed by atoms with van der Waals surface area (Å²) in [7, 11) is 1.38. The molecule has 2 rings (SSSR count). The van der Waals surface area contributed by atoms with E-state index in [-0.39, 0.29) is 17.6 Å². The molecular formula is C9H8FN3O2. The van der Waals surface area contributed by atoms with Crippen LogP contribution in [-0.4, -0.2) is 17.3 Å². The third-order valence-corrected chi connectivity index (χ3v) is 1.84. The highest BCUT2D eigenvalue weighted by Crippen LogP contribution is 2.25. The summed E-state index contributed by atoms with van der Waals surface area (Å²) in [4.78, 5) is 3.81. The smallest absolute Gasteiger partial charge is 0.261 e. The molecule has 1 aromatic carbocycles. The fourth-order valence-electron chi connectivity index (χ4n) is 1.14. The monoisotopic (exact) mass is 209 g/mol. The number of methoxy groups -OCH3 is 1. The van der Waals surface area contributed by atoms with Gasteiger partial charge in [-0.25, -0.2) is 4.39 Å². The number of nitrogens with zero attached hydrogens (tertiary/aromatic N) is 2. The Morgan fingerprint density at radius 2 is 2.27 bits per heavy atom. The summed E-state index contributed by atoms with van der Waals surface area (Å²) in [6, 6.07) is 4.22. The molecule has 1 aromatic heterocycles. The highest BCUT2D eigenvalue weighted by Gasteiger charge is 2.10. The van der Waals surface area contributed by atoms with Crippen molar-refractivity contribution in [1.29, 1.82) is 0 Å². The molecule has 0 amide bonds. The normalized spacial score (nSPS) is 10.3. The number of hydrogen-bond acceptors (Lipinski definition) is 5. The standard InChI is InChI=1S/C9H8FN3O2/c1-14-7-4-5(2-3-6(7)10)8-12-9(11)13-15-8/h2-4H,1H3,(H2,11,13). The van der Waals surface area contributed by atoms with E-state index >= 15 is 0 Å². The van der Waals surface area contributed by atoms with Gasteiger partial charge in [-0.1, -0.05) is 0 Å². The lowest BCUT2D eigenvalue weighted by atomic mass is 10.2. The molecule has 0 bridgehead atoms. The van der Waals surface area contributed by atoms with E-state index in [1.807, 2.05) is 0 Å². The van der Waals surface area contributed by atoms with E-state index in [0.717, 1.165) is 0 Å². The number of aromatic nitrogens is 2. The highest BCUT2D eigenvalue weighted by atomic mass is 19.1. The fraction of sp³-hybridized carbons (Fsp3) is 0.111. The van der Waals surface area contributed by atoms with Gasteiger partial charge < -0.3 is 15.0 Å². The molecule has 0 aliphatic heterocycles. The average molecular weight is 209 g/mol. The molecule has 0 saturated heterocycles. The van der Waals surface area contributed by atoms with Gasteiger partial charge in [-0.05, 0) is 23.4 Å². The molecule has 0 aliphatic carbocycles. The molecular weight excluding hydrogens is 201 g/mol. The number of halogens is 1. The topological polar surface area (TPSA) is 74.2 Å². The molecule has 0 unspecified atom stereocenters. The van der Waals surface area contributed by atoms with Gasteiger partial charge >= 0.3 is 0 Å². The Morgan fingerprint density at radius 1 is 1.47 bits per heavy atom. The average Bonchev–Trinajstić information content (AvgIpc) is 2.66. The van der Waals surface area contributed by atoms with Crippen molar-refractivity contribution >= 4 is 5.95 Å². The van der Waals surface area contributed by atoms with Crippen molar-refractivity contribution in [2.75, 3.05) is 12.8 Å². The van der Waals surface area contributed by atoms with Crippen LogP contribution in [0.25, 0.3) is 11.5 Å². The SMILES string of the molecule is COc1cc(-c2nc(N)no2)ccc1F. The Labute approximate surface area is 84.7 Å². The highest BCUT2D eigenvalue weighted by molar-refractivity contribution is 5.56. The minimum atomic E-state index is -0.450. The Morgan fingerprint density at radius 3 is 2.87 bits per heavy atom. The number of benzene rings is 1. The third-order valence-electron chi connectivity index (χ3n) is 1.84. The maximum atomic E-state index is 13.1. The van der Waals surface area contributed by atoms with Crippen LogP contribution < -0.4 is 10.5 Å². The first kappa shape index (κ1) is 9.45. The van der Waals surface area contributed by atoms with E-state index in [0.29, 0.717) is 5.56 Å². The van der Waals surface area contributed by atoms with Gasteiger partial charge in [0, 0.05) is 5.56 Å². The summed E-state index contributed by atoms with van der Waals surface area (Å²) in [6.45, 7) is 0. The summed E-state index contributed by atoms with van der Waals surface area (Å²) in [5.74, 6) is -0.0721. The molecule has 0 spiro atoms. The molecule has 6 heteroatoms. The van der Waals surface area contributed by atoms with E-state index in [2.05, 4.69) is 10.1 Å². The lowest BCUT2D eigenvalue weighted by Crippen LogP contribution is -1.89. The maximum Gasteiger partial charge on any atom is 0.261 e. The van der Waals surface area contributed by atoms with Crippen molar-refractivity contribution in [2.45, 2.75) is 0 Å². The van der Waals surface area contributed by atoms with Crippen molar-refractivity contribution in [3.8, 4) is 17.2 Å². The van der Waals surface area contributed by atoms with Crippen molar-refractivity contribution in [2.24, 2.45) is 0 Å². The molecule has 0 saturated carbocycles. The predicted molar refractivity (Wildman–Crippen MR) is 50.7 cm³/mol. The Balaban J connectivity index is 2.45. The quantitative estimate of drug-likeness (QED) is 0.810. The van der Waals surface area contributed by atoms with Crippen LogP contribution >= 0.6 is 0 Å². The van der Waals surface area contributed by atoms with Crippen molar-refractivity contribution in [3.63, 3.8) is 0 Å². The zero-order chi connectivity index (χ0) is 10.8. The van der Waals surface area contributed by atoms with Crippen LogP contribution in [-0.2, 0) is 0 Å². The summed E-state index contributed by atoms with van der Waals surface area (Å²) in [6.07, 6.45) is 0. The minimum Gasteiger partial charge on any atom is -0.494 e. The second kappa shape index (κ2) is 3.56.